The Morgan fingerprint density at radius 1 is 1.19 bits per heavy atom. The van der Waals surface area contributed by atoms with Gasteiger partial charge in [0.05, 0.1) is 5.60 Å². The van der Waals surface area contributed by atoms with Crippen LogP contribution in [0.3, 0.4) is 0 Å². The highest BCUT2D eigenvalue weighted by Gasteiger charge is 2.54. The summed E-state index contributed by atoms with van der Waals surface area (Å²) in [4.78, 5) is 0. The molecule has 4 aliphatic carbocycles. The van der Waals surface area contributed by atoms with Crippen molar-refractivity contribution in [2.45, 2.75) is 63.5 Å². The lowest BCUT2D eigenvalue weighted by atomic mass is 9.52. The maximum Gasteiger partial charge on any atom is 0.0657 e. The highest BCUT2D eigenvalue weighted by molar-refractivity contribution is 5.07. The summed E-state index contributed by atoms with van der Waals surface area (Å²) in [5.41, 5.74) is -0.264. The normalized spacial score (nSPS) is 49.9. The van der Waals surface area contributed by atoms with Crippen molar-refractivity contribution in [1.29, 1.82) is 0 Å². The Kier molecular flexibility index (Phi) is 2.75. The van der Waals surface area contributed by atoms with Crippen molar-refractivity contribution in [2.75, 3.05) is 6.54 Å². The van der Waals surface area contributed by atoms with E-state index in [1.165, 1.54) is 32.2 Å². The van der Waals surface area contributed by atoms with Gasteiger partial charge in [0.15, 0.2) is 0 Å². The van der Waals surface area contributed by atoms with Crippen LogP contribution < -0.4 is 5.32 Å². The molecule has 4 saturated carbocycles. The van der Waals surface area contributed by atoms with Gasteiger partial charge in [0, 0.05) is 6.04 Å². The van der Waals surface area contributed by atoms with Gasteiger partial charge in [-0.15, -0.1) is 0 Å². The first kappa shape index (κ1) is 11.0. The van der Waals surface area contributed by atoms with Crippen LogP contribution in [0, 0.1) is 17.8 Å². The molecule has 0 aromatic rings. The molecular weight excluding hydrogens is 198 g/mol. The molecule has 2 nitrogen and oxygen atoms in total. The van der Waals surface area contributed by atoms with E-state index in [-0.39, 0.29) is 5.60 Å². The summed E-state index contributed by atoms with van der Waals surface area (Å²) in [7, 11) is 0. The molecule has 0 aliphatic heterocycles. The van der Waals surface area contributed by atoms with Crippen LogP contribution in [0.5, 0.6) is 0 Å². The number of hydrogen-bond donors (Lipinski definition) is 2. The number of unbranched alkanes of at least 4 members (excludes halogenated alkanes) is 1. The lowest BCUT2D eigenvalue weighted by Gasteiger charge is -2.58. The molecule has 4 bridgehead atoms. The first-order valence-corrected chi connectivity index (χ1v) is 7.16. The second-order valence-electron chi connectivity index (χ2n) is 6.53. The molecule has 0 amide bonds. The third-order valence-corrected chi connectivity index (χ3v) is 5.15. The number of aliphatic hydroxyl groups is 1. The SMILES string of the molecule is CCCCNC1C2CC3CC1CC(O)(C3)C2. The van der Waals surface area contributed by atoms with E-state index >= 15 is 0 Å². The number of rotatable bonds is 4. The third kappa shape index (κ3) is 1.80. The Bertz CT molecular complexity index is 249. The zero-order chi connectivity index (χ0) is 11.2. The van der Waals surface area contributed by atoms with Gasteiger partial charge in [-0.1, -0.05) is 13.3 Å². The minimum atomic E-state index is -0.264. The van der Waals surface area contributed by atoms with Crippen LogP contribution in [0.2, 0.25) is 0 Å². The standard InChI is InChI=1S/C14H25NO/c1-2-3-4-15-13-11-5-10-6-12(13)9-14(16,7-10)8-11/h10-13,15-16H,2-9H2,1H3. The zero-order valence-corrected chi connectivity index (χ0v) is 10.4. The van der Waals surface area contributed by atoms with Crippen LogP contribution in [0.25, 0.3) is 0 Å². The van der Waals surface area contributed by atoms with Crippen molar-refractivity contribution in [3.8, 4) is 0 Å². The molecule has 0 saturated heterocycles. The largest absolute Gasteiger partial charge is 0.390 e. The van der Waals surface area contributed by atoms with Gasteiger partial charge in [0.25, 0.3) is 0 Å². The van der Waals surface area contributed by atoms with Crippen LogP contribution in [-0.2, 0) is 0 Å². The molecule has 92 valence electrons. The topological polar surface area (TPSA) is 32.3 Å². The van der Waals surface area contributed by atoms with E-state index in [1.807, 2.05) is 0 Å². The fraction of sp³-hybridized carbons (Fsp3) is 1.00. The fourth-order valence-electron chi connectivity index (χ4n) is 4.76. The van der Waals surface area contributed by atoms with E-state index in [1.54, 1.807) is 0 Å². The summed E-state index contributed by atoms with van der Waals surface area (Å²) < 4.78 is 0. The summed E-state index contributed by atoms with van der Waals surface area (Å²) in [6.07, 6.45) is 8.58. The predicted octanol–water partition coefficient (Wildman–Crippen LogP) is 2.32. The Balaban J connectivity index is 1.65. The molecule has 0 aromatic heterocycles. The van der Waals surface area contributed by atoms with Gasteiger partial charge in [-0.3, -0.25) is 0 Å². The molecule has 2 N–H and O–H groups in total. The molecule has 4 rings (SSSR count). The van der Waals surface area contributed by atoms with E-state index in [4.69, 9.17) is 0 Å². The molecule has 2 atom stereocenters. The fourth-order valence-corrected chi connectivity index (χ4v) is 4.76. The second-order valence-corrected chi connectivity index (χ2v) is 6.53. The summed E-state index contributed by atoms with van der Waals surface area (Å²) in [5, 5.41) is 14.2. The molecule has 0 radical (unpaired) electrons. The summed E-state index contributed by atoms with van der Waals surface area (Å²) in [6, 6.07) is 0.725. The molecule has 4 fully saturated rings. The average Bonchev–Trinajstić information content (AvgIpc) is 2.20. The highest BCUT2D eigenvalue weighted by Crippen LogP contribution is 2.55. The van der Waals surface area contributed by atoms with Gasteiger partial charge in [-0.05, 0) is 62.8 Å². The van der Waals surface area contributed by atoms with Crippen molar-refractivity contribution < 1.29 is 5.11 Å². The minimum absolute atomic E-state index is 0.264. The van der Waals surface area contributed by atoms with Crippen molar-refractivity contribution in [2.24, 2.45) is 17.8 Å². The summed E-state index contributed by atoms with van der Waals surface area (Å²) in [6.45, 7) is 3.43. The highest BCUT2D eigenvalue weighted by atomic mass is 16.3. The number of hydrogen-bond acceptors (Lipinski definition) is 2. The Morgan fingerprint density at radius 2 is 1.88 bits per heavy atom. The van der Waals surface area contributed by atoms with Crippen molar-refractivity contribution in [3.63, 3.8) is 0 Å². The van der Waals surface area contributed by atoms with Crippen LogP contribution in [0.15, 0.2) is 0 Å². The van der Waals surface area contributed by atoms with Crippen molar-refractivity contribution in [3.05, 3.63) is 0 Å². The van der Waals surface area contributed by atoms with E-state index in [0.29, 0.717) is 0 Å². The van der Waals surface area contributed by atoms with Gasteiger partial charge < -0.3 is 10.4 Å². The molecular formula is C14H25NO. The third-order valence-electron chi connectivity index (χ3n) is 5.15. The molecule has 16 heavy (non-hydrogen) atoms. The monoisotopic (exact) mass is 223 g/mol. The van der Waals surface area contributed by atoms with E-state index in [9.17, 15) is 5.11 Å². The first-order chi connectivity index (χ1) is 7.70. The minimum Gasteiger partial charge on any atom is -0.390 e. The zero-order valence-electron chi connectivity index (χ0n) is 10.4. The molecule has 2 unspecified atom stereocenters. The van der Waals surface area contributed by atoms with Gasteiger partial charge >= 0.3 is 0 Å². The number of nitrogens with one attached hydrogen (secondary N) is 1. The maximum absolute atomic E-state index is 10.5. The van der Waals surface area contributed by atoms with Gasteiger partial charge in [0.1, 0.15) is 0 Å². The Hall–Kier alpha value is -0.0800. The molecule has 0 aromatic carbocycles. The van der Waals surface area contributed by atoms with Crippen molar-refractivity contribution >= 4 is 0 Å². The maximum atomic E-state index is 10.5. The molecule has 2 heteroatoms. The van der Waals surface area contributed by atoms with Crippen LogP contribution >= 0.6 is 0 Å². The molecule has 0 spiro atoms. The summed E-state index contributed by atoms with van der Waals surface area (Å²) in [5.74, 6) is 2.38. The predicted molar refractivity (Wildman–Crippen MR) is 65.2 cm³/mol. The molecule has 4 aliphatic rings. The Morgan fingerprint density at radius 3 is 2.44 bits per heavy atom. The van der Waals surface area contributed by atoms with Gasteiger partial charge in [0.2, 0.25) is 0 Å². The quantitative estimate of drug-likeness (QED) is 0.717. The lowest BCUT2D eigenvalue weighted by molar-refractivity contribution is -0.138. The Labute approximate surface area is 98.8 Å². The van der Waals surface area contributed by atoms with Crippen LogP contribution in [0.1, 0.15) is 51.9 Å². The van der Waals surface area contributed by atoms with E-state index < -0.39 is 0 Å². The van der Waals surface area contributed by atoms with E-state index in [2.05, 4.69) is 12.2 Å². The molecule has 0 heterocycles. The lowest BCUT2D eigenvalue weighted by Crippen LogP contribution is -2.60. The van der Waals surface area contributed by atoms with Gasteiger partial charge in [-0.25, -0.2) is 0 Å². The van der Waals surface area contributed by atoms with Crippen molar-refractivity contribution in [1.82, 2.24) is 5.32 Å². The van der Waals surface area contributed by atoms with Crippen LogP contribution in [0.4, 0.5) is 0 Å². The van der Waals surface area contributed by atoms with Crippen LogP contribution in [-0.4, -0.2) is 23.3 Å². The van der Waals surface area contributed by atoms with Gasteiger partial charge in [-0.2, -0.15) is 0 Å². The first-order valence-electron chi connectivity index (χ1n) is 7.16. The average molecular weight is 223 g/mol. The van der Waals surface area contributed by atoms with E-state index in [0.717, 1.165) is 43.1 Å². The second kappa shape index (κ2) is 3.99. The smallest absolute Gasteiger partial charge is 0.0657 e. The summed E-state index contributed by atoms with van der Waals surface area (Å²) >= 11 is 0.